The Morgan fingerprint density at radius 2 is 2.27 bits per heavy atom. The van der Waals surface area contributed by atoms with Crippen LogP contribution in [-0.4, -0.2) is 69.4 Å². The van der Waals surface area contributed by atoms with Crippen molar-refractivity contribution in [3.63, 3.8) is 0 Å². The van der Waals surface area contributed by atoms with Crippen LogP contribution in [0, 0.1) is 13.8 Å². The molecule has 0 aliphatic carbocycles. The van der Waals surface area contributed by atoms with Crippen LogP contribution < -0.4 is 5.56 Å². The minimum Gasteiger partial charge on any atom is -0.383 e. The maximum absolute atomic E-state index is 12.8. The van der Waals surface area contributed by atoms with E-state index < -0.39 is 6.10 Å². The third-order valence-electron chi connectivity index (χ3n) is 4.44. The van der Waals surface area contributed by atoms with Crippen molar-refractivity contribution in [2.75, 3.05) is 33.4 Å². The number of aromatic nitrogens is 5. The van der Waals surface area contributed by atoms with Crippen molar-refractivity contribution >= 4 is 5.91 Å². The molecule has 0 saturated carbocycles. The number of rotatable bonds is 5. The number of hydrogen-bond acceptors (Lipinski definition) is 7. The van der Waals surface area contributed by atoms with Crippen molar-refractivity contribution in [2.24, 2.45) is 0 Å². The summed E-state index contributed by atoms with van der Waals surface area (Å²) in [6.07, 6.45) is -0.454. The Bertz CT molecular complexity index is 846. The molecule has 1 aliphatic heterocycles. The number of methoxy groups -OCH3 is 1. The molecule has 1 fully saturated rings. The van der Waals surface area contributed by atoms with Crippen LogP contribution in [0.25, 0.3) is 0 Å². The highest BCUT2D eigenvalue weighted by Crippen LogP contribution is 2.21. The van der Waals surface area contributed by atoms with E-state index in [0.717, 1.165) is 11.3 Å². The van der Waals surface area contributed by atoms with Gasteiger partial charge in [0.15, 0.2) is 5.82 Å². The first-order valence-electron chi connectivity index (χ1n) is 8.37. The van der Waals surface area contributed by atoms with E-state index in [4.69, 9.17) is 9.47 Å². The van der Waals surface area contributed by atoms with Crippen LogP contribution in [0.1, 0.15) is 33.5 Å². The summed E-state index contributed by atoms with van der Waals surface area (Å²) >= 11 is 0. The van der Waals surface area contributed by atoms with Crippen LogP contribution in [0.15, 0.2) is 10.9 Å². The van der Waals surface area contributed by atoms with Crippen molar-refractivity contribution in [1.29, 1.82) is 0 Å². The zero-order valence-electron chi connectivity index (χ0n) is 15.1. The molecule has 10 nitrogen and oxygen atoms in total. The highest BCUT2D eigenvalue weighted by atomic mass is 16.5. The quantitative estimate of drug-likeness (QED) is 0.786. The summed E-state index contributed by atoms with van der Waals surface area (Å²) in [5, 5.41) is 11.6. The summed E-state index contributed by atoms with van der Waals surface area (Å²) in [7, 11) is 1.60. The number of H-pyrrole nitrogens is 1. The molecule has 2 aromatic heterocycles. The number of morpholine rings is 1. The molecule has 1 N–H and O–H groups in total. The van der Waals surface area contributed by atoms with E-state index in [1.54, 1.807) is 29.7 Å². The predicted octanol–water partition coefficient (Wildman–Crippen LogP) is -0.162. The second-order valence-electron chi connectivity index (χ2n) is 6.18. The Balaban J connectivity index is 1.79. The van der Waals surface area contributed by atoms with Crippen molar-refractivity contribution in [3.05, 3.63) is 39.1 Å². The average molecular weight is 362 g/mol. The number of hydrogen-bond donors (Lipinski definition) is 1. The van der Waals surface area contributed by atoms with Gasteiger partial charge in [-0.3, -0.25) is 9.59 Å². The van der Waals surface area contributed by atoms with Gasteiger partial charge >= 0.3 is 0 Å². The van der Waals surface area contributed by atoms with Gasteiger partial charge < -0.3 is 19.4 Å². The molecule has 0 aromatic carbocycles. The number of carbonyl (C=O) groups is 1. The number of carbonyl (C=O) groups excluding carboxylic acids is 1. The lowest BCUT2D eigenvalue weighted by Gasteiger charge is -2.32. The standard InChI is InChI=1S/C16H22N6O4/c1-10-8-12(15(23)17-11(10)2)16(24)21-4-7-26-13(9-21)14-18-19-20-22(14)5-6-25-3/h8,13H,4-7,9H2,1-3H3,(H,17,23)/t13-/m1/s1. The maximum atomic E-state index is 12.8. The van der Waals surface area contributed by atoms with E-state index in [9.17, 15) is 9.59 Å². The van der Waals surface area contributed by atoms with Crippen LogP contribution >= 0.6 is 0 Å². The van der Waals surface area contributed by atoms with E-state index in [2.05, 4.69) is 20.5 Å². The first kappa shape index (κ1) is 18.2. The molecule has 3 rings (SSSR count). The summed E-state index contributed by atoms with van der Waals surface area (Å²) in [5.41, 5.74) is 1.36. The van der Waals surface area contributed by atoms with Gasteiger partial charge in [0, 0.05) is 19.3 Å². The minimum atomic E-state index is -0.454. The molecule has 3 heterocycles. The molecule has 2 aromatic rings. The van der Waals surface area contributed by atoms with Crippen molar-refractivity contribution in [1.82, 2.24) is 30.1 Å². The first-order chi connectivity index (χ1) is 12.5. The number of nitrogens with one attached hydrogen (secondary N) is 1. The van der Waals surface area contributed by atoms with E-state index >= 15 is 0 Å². The Morgan fingerprint density at radius 1 is 1.46 bits per heavy atom. The third kappa shape index (κ3) is 3.65. The number of ether oxygens (including phenoxy) is 2. The van der Waals surface area contributed by atoms with Crippen molar-refractivity contribution in [2.45, 2.75) is 26.5 Å². The van der Waals surface area contributed by atoms with Gasteiger partial charge in [-0.2, -0.15) is 0 Å². The molecule has 0 spiro atoms. The van der Waals surface area contributed by atoms with Gasteiger partial charge in [0.05, 0.1) is 26.3 Å². The van der Waals surface area contributed by atoms with Gasteiger partial charge in [-0.25, -0.2) is 4.68 Å². The van der Waals surface area contributed by atoms with Gasteiger partial charge in [-0.1, -0.05) is 0 Å². The molecular formula is C16H22N6O4. The fourth-order valence-corrected chi connectivity index (χ4v) is 2.82. The predicted molar refractivity (Wildman–Crippen MR) is 90.8 cm³/mol. The molecule has 1 amide bonds. The van der Waals surface area contributed by atoms with Gasteiger partial charge in [-0.15, -0.1) is 5.10 Å². The lowest BCUT2D eigenvalue weighted by Crippen LogP contribution is -2.44. The van der Waals surface area contributed by atoms with E-state index in [0.29, 0.717) is 32.1 Å². The number of aromatic amines is 1. The monoisotopic (exact) mass is 362 g/mol. The largest absolute Gasteiger partial charge is 0.383 e. The van der Waals surface area contributed by atoms with Crippen LogP contribution in [0.5, 0.6) is 0 Å². The Morgan fingerprint density at radius 3 is 3.04 bits per heavy atom. The number of tetrazole rings is 1. The summed E-state index contributed by atoms with van der Waals surface area (Å²) in [4.78, 5) is 29.3. The highest BCUT2D eigenvalue weighted by Gasteiger charge is 2.30. The molecule has 1 saturated heterocycles. The number of pyridine rings is 1. The summed E-state index contributed by atoms with van der Waals surface area (Å²) in [6, 6.07) is 1.63. The van der Waals surface area contributed by atoms with E-state index in [-0.39, 0.29) is 23.6 Å². The third-order valence-corrected chi connectivity index (χ3v) is 4.44. The molecule has 1 aliphatic rings. The van der Waals surface area contributed by atoms with Crippen molar-refractivity contribution in [3.8, 4) is 0 Å². The second kappa shape index (κ2) is 7.75. The zero-order chi connectivity index (χ0) is 18.7. The molecule has 0 unspecified atom stereocenters. The van der Waals surface area contributed by atoms with E-state index in [1.807, 2.05) is 6.92 Å². The number of aryl methyl sites for hydroxylation is 2. The fraction of sp³-hybridized carbons (Fsp3) is 0.562. The second-order valence-corrected chi connectivity index (χ2v) is 6.18. The van der Waals surface area contributed by atoms with Crippen LogP contribution in [0.2, 0.25) is 0 Å². The van der Waals surface area contributed by atoms with Gasteiger partial charge in [0.1, 0.15) is 11.7 Å². The fourth-order valence-electron chi connectivity index (χ4n) is 2.82. The number of amides is 1. The van der Waals surface area contributed by atoms with Crippen LogP contribution in [0.4, 0.5) is 0 Å². The molecule has 0 bridgehead atoms. The highest BCUT2D eigenvalue weighted by molar-refractivity contribution is 5.94. The smallest absolute Gasteiger partial charge is 0.261 e. The molecule has 1 atom stereocenters. The minimum absolute atomic E-state index is 0.132. The lowest BCUT2D eigenvalue weighted by molar-refractivity contribution is -0.0292. The average Bonchev–Trinajstić information content (AvgIpc) is 3.11. The Kier molecular flexibility index (Phi) is 5.43. The maximum Gasteiger partial charge on any atom is 0.261 e. The molecular weight excluding hydrogens is 340 g/mol. The van der Waals surface area contributed by atoms with E-state index in [1.165, 1.54) is 0 Å². The van der Waals surface area contributed by atoms with Gasteiger partial charge in [0.2, 0.25) is 0 Å². The first-order valence-corrected chi connectivity index (χ1v) is 8.37. The van der Waals surface area contributed by atoms with Crippen LogP contribution in [0.3, 0.4) is 0 Å². The van der Waals surface area contributed by atoms with Gasteiger partial charge in [0.25, 0.3) is 11.5 Å². The molecule has 140 valence electrons. The normalized spacial score (nSPS) is 17.5. The Hall–Kier alpha value is -2.59. The SMILES string of the molecule is COCCn1nnnc1[C@H]1CN(C(=O)c2cc(C)c(C)[nH]c2=O)CCO1. The van der Waals surface area contributed by atoms with Gasteiger partial charge in [-0.05, 0) is 35.9 Å². The zero-order valence-corrected chi connectivity index (χ0v) is 15.1. The molecule has 26 heavy (non-hydrogen) atoms. The van der Waals surface area contributed by atoms with Crippen molar-refractivity contribution < 1.29 is 14.3 Å². The number of nitrogens with zero attached hydrogens (tertiary/aromatic N) is 5. The van der Waals surface area contributed by atoms with Crippen LogP contribution in [-0.2, 0) is 16.0 Å². The molecule has 10 heteroatoms. The molecule has 0 radical (unpaired) electrons. The summed E-state index contributed by atoms with van der Waals surface area (Å²) < 4.78 is 12.4. The topological polar surface area (TPSA) is 115 Å². The summed E-state index contributed by atoms with van der Waals surface area (Å²) in [6.45, 7) is 5.63. The Labute approximate surface area is 150 Å². The summed E-state index contributed by atoms with van der Waals surface area (Å²) in [5.74, 6) is 0.215. The lowest BCUT2D eigenvalue weighted by atomic mass is 10.1.